The largest absolute Gasteiger partial charge is 0.338 e. The zero-order chi connectivity index (χ0) is 13.8. The van der Waals surface area contributed by atoms with Crippen molar-refractivity contribution in [1.82, 2.24) is 4.90 Å². The Morgan fingerprint density at radius 3 is 2.60 bits per heavy atom. The minimum absolute atomic E-state index is 0. The van der Waals surface area contributed by atoms with Crippen molar-refractivity contribution in [3.8, 4) is 0 Å². The smallest absolute Gasteiger partial charge is 0.254 e. The van der Waals surface area contributed by atoms with Crippen molar-refractivity contribution in [1.29, 1.82) is 0 Å². The molecule has 3 nitrogen and oxygen atoms in total. The molecule has 1 aromatic rings. The molecular weight excluding hydrogens is 272 g/mol. The minimum Gasteiger partial charge on any atom is -0.338 e. The van der Waals surface area contributed by atoms with E-state index in [0.29, 0.717) is 5.92 Å². The lowest BCUT2D eigenvalue weighted by molar-refractivity contribution is 0.0668. The van der Waals surface area contributed by atoms with Crippen molar-refractivity contribution in [3.05, 3.63) is 34.9 Å². The van der Waals surface area contributed by atoms with E-state index in [1.165, 1.54) is 6.42 Å². The van der Waals surface area contributed by atoms with Crippen molar-refractivity contribution in [2.75, 3.05) is 19.6 Å². The summed E-state index contributed by atoms with van der Waals surface area (Å²) < 4.78 is 0. The fourth-order valence-electron chi connectivity index (χ4n) is 3.03. The van der Waals surface area contributed by atoms with Crippen molar-refractivity contribution >= 4 is 18.3 Å². The highest BCUT2D eigenvalue weighted by molar-refractivity contribution is 5.97. The van der Waals surface area contributed by atoms with Crippen LogP contribution in [0.1, 0.15) is 40.7 Å². The van der Waals surface area contributed by atoms with Gasteiger partial charge >= 0.3 is 0 Å². The molecule has 1 heterocycles. The Labute approximate surface area is 127 Å². The maximum absolute atomic E-state index is 12.7. The summed E-state index contributed by atoms with van der Waals surface area (Å²) in [7, 11) is 0. The molecule has 0 radical (unpaired) electrons. The number of hydrogen-bond acceptors (Lipinski definition) is 2. The van der Waals surface area contributed by atoms with Crippen LogP contribution in [-0.4, -0.2) is 30.4 Å². The molecule has 112 valence electrons. The van der Waals surface area contributed by atoms with Gasteiger partial charge in [-0.25, -0.2) is 0 Å². The first-order valence-electron chi connectivity index (χ1n) is 7.19. The van der Waals surface area contributed by atoms with E-state index < -0.39 is 0 Å². The van der Waals surface area contributed by atoms with Crippen molar-refractivity contribution in [2.24, 2.45) is 11.7 Å². The number of likely N-dealkylation sites (tertiary alicyclic amines) is 1. The molecule has 1 unspecified atom stereocenters. The van der Waals surface area contributed by atoms with Gasteiger partial charge in [0.15, 0.2) is 0 Å². The van der Waals surface area contributed by atoms with E-state index in [0.717, 1.165) is 49.2 Å². The van der Waals surface area contributed by atoms with Crippen molar-refractivity contribution in [3.63, 3.8) is 0 Å². The molecule has 1 atom stereocenters. The average Bonchev–Trinajstić information content (AvgIpc) is 2.39. The van der Waals surface area contributed by atoms with Crippen molar-refractivity contribution in [2.45, 2.75) is 33.1 Å². The second-order valence-corrected chi connectivity index (χ2v) is 5.60. The number of hydrogen-bond donors (Lipinski definition) is 1. The predicted molar refractivity (Wildman–Crippen MR) is 85.5 cm³/mol. The van der Waals surface area contributed by atoms with Crippen LogP contribution in [0.15, 0.2) is 18.2 Å². The van der Waals surface area contributed by atoms with Crippen LogP contribution >= 0.6 is 12.4 Å². The zero-order valence-corrected chi connectivity index (χ0v) is 13.2. The molecule has 1 saturated heterocycles. The lowest BCUT2D eigenvalue weighted by Crippen LogP contribution is -2.41. The van der Waals surface area contributed by atoms with E-state index >= 15 is 0 Å². The highest BCUT2D eigenvalue weighted by Gasteiger charge is 2.25. The van der Waals surface area contributed by atoms with Gasteiger partial charge in [0, 0.05) is 18.7 Å². The van der Waals surface area contributed by atoms with Crippen LogP contribution in [0.5, 0.6) is 0 Å². The lowest BCUT2D eigenvalue weighted by Gasteiger charge is -2.33. The Hall–Kier alpha value is -1.06. The van der Waals surface area contributed by atoms with Crippen LogP contribution < -0.4 is 5.73 Å². The summed E-state index contributed by atoms with van der Waals surface area (Å²) in [6, 6.07) is 6.04. The highest BCUT2D eigenvalue weighted by atomic mass is 35.5. The molecule has 1 aliphatic rings. The summed E-state index contributed by atoms with van der Waals surface area (Å²) in [5.74, 6) is 0.768. The first kappa shape index (κ1) is 17.0. The topological polar surface area (TPSA) is 46.3 Å². The van der Waals surface area contributed by atoms with Gasteiger partial charge in [0.05, 0.1) is 0 Å². The Bertz CT molecular complexity index is 440. The van der Waals surface area contributed by atoms with Gasteiger partial charge in [-0.2, -0.15) is 0 Å². The summed E-state index contributed by atoms with van der Waals surface area (Å²) in [5, 5.41) is 0. The van der Waals surface area contributed by atoms with Gasteiger partial charge in [0.1, 0.15) is 0 Å². The summed E-state index contributed by atoms with van der Waals surface area (Å²) in [5.41, 5.74) is 8.67. The number of piperidine rings is 1. The molecule has 0 bridgehead atoms. The molecule has 20 heavy (non-hydrogen) atoms. The number of rotatable bonds is 3. The summed E-state index contributed by atoms with van der Waals surface area (Å²) in [6.45, 7) is 6.50. The van der Waals surface area contributed by atoms with E-state index in [2.05, 4.69) is 0 Å². The second-order valence-electron chi connectivity index (χ2n) is 5.60. The number of benzene rings is 1. The van der Waals surface area contributed by atoms with Crippen molar-refractivity contribution < 1.29 is 4.79 Å². The minimum atomic E-state index is 0. The third-order valence-corrected chi connectivity index (χ3v) is 4.08. The molecule has 2 rings (SSSR count). The second kappa shape index (κ2) is 7.65. The van der Waals surface area contributed by atoms with Crippen LogP contribution in [0.4, 0.5) is 0 Å². The van der Waals surface area contributed by atoms with E-state index in [-0.39, 0.29) is 18.3 Å². The maximum Gasteiger partial charge on any atom is 0.254 e. The van der Waals surface area contributed by atoms with E-state index in [9.17, 15) is 4.79 Å². The van der Waals surface area contributed by atoms with Crippen LogP contribution in [0.25, 0.3) is 0 Å². The Morgan fingerprint density at radius 1 is 1.35 bits per heavy atom. The van der Waals surface area contributed by atoms with E-state index in [1.807, 2.05) is 36.9 Å². The van der Waals surface area contributed by atoms with Gasteiger partial charge in [0.25, 0.3) is 5.91 Å². The fraction of sp³-hybridized carbons (Fsp3) is 0.562. The predicted octanol–water partition coefficient (Wildman–Crippen LogP) is 2.93. The molecule has 2 N–H and O–H groups in total. The quantitative estimate of drug-likeness (QED) is 0.932. The van der Waals surface area contributed by atoms with Crippen LogP contribution in [0.2, 0.25) is 0 Å². The third kappa shape index (κ3) is 3.74. The lowest BCUT2D eigenvalue weighted by atomic mass is 9.93. The molecule has 0 saturated carbocycles. The SMILES string of the molecule is Cc1cccc(C)c1C(=O)N1CCCC(CCN)C1.Cl. The number of aryl methyl sites for hydroxylation is 2. The summed E-state index contributed by atoms with van der Waals surface area (Å²) in [6.07, 6.45) is 3.33. The number of nitrogens with zero attached hydrogens (tertiary/aromatic N) is 1. The summed E-state index contributed by atoms with van der Waals surface area (Å²) in [4.78, 5) is 14.7. The van der Waals surface area contributed by atoms with Gasteiger partial charge in [0.2, 0.25) is 0 Å². The number of nitrogens with two attached hydrogens (primary N) is 1. The van der Waals surface area contributed by atoms with E-state index in [1.54, 1.807) is 0 Å². The van der Waals surface area contributed by atoms with Crippen LogP contribution in [-0.2, 0) is 0 Å². The molecule has 4 heteroatoms. The standard InChI is InChI=1S/C16H24N2O.ClH/c1-12-5-3-6-13(2)15(12)16(19)18-10-4-7-14(11-18)8-9-17;/h3,5-6,14H,4,7-11,17H2,1-2H3;1H. The van der Waals surface area contributed by atoms with Gasteiger partial charge in [-0.1, -0.05) is 18.2 Å². The first-order chi connectivity index (χ1) is 9.13. The monoisotopic (exact) mass is 296 g/mol. The Morgan fingerprint density at radius 2 is 2.00 bits per heavy atom. The average molecular weight is 297 g/mol. The van der Waals surface area contributed by atoms with Gasteiger partial charge in [-0.15, -0.1) is 12.4 Å². The number of carbonyl (C=O) groups excluding carboxylic acids is 1. The molecule has 1 aromatic carbocycles. The zero-order valence-electron chi connectivity index (χ0n) is 12.4. The molecular formula is C16H25ClN2O. The van der Waals surface area contributed by atoms with Gasteiger partial charge in [-0.3, -0.25) is 4.79 Å². The van der Waals surface area contributed by atoms with Gasteiger partial charge in [-0.05, 0) is 56.7 Å². The number of amides is 1. The van der Waals surface area contributed by atoms with Crippen LogP contribution in [0.3, 0.4) is 0 Å². The van der Waals surface area contributed by atoms with E-state index in [4.69, 9.17) is 5.73 Å². The third-order valence-electron chi connectivity index (χ3n) is 4.08. The fourth-order valence-corrected chi connectivity index (χ4v) is 3.03. The molecule has 1 fully saturated rings. The molecule has 1 aliphatic heterocycles. The molecule has 0 aromatic heterocycles. The highest BCUT2D eigenvalue weighted by Crippen LogP contribution is 2.23. The number of halogens is 1. The number of carbonyl (C=O) groups is 1. The molecule has 0 spiro atoms. The maximum atomic E-state index is 12.7. The summed E-state index contributed by atoms with van der Waals surface area (Å²) >= 11 is 0. The Kier molecular flexibility index (Phi) is 6.50. The molecule has 0 aliphatic carbocycles. The molecule has 1 amide bonds. The normalized spacial score (nSPS) is 18.6. The Balaban J connectivity index is 0.00000200. The van der Waals surface area contributed by atoms with Crippen LogP contribution in [0, 0.1) is 19.8 Å². The van der Waals surface area contributed by atoms with Gasteiger partial charge < -0.3 is 10.6 Å². The first-order valence-corrected chi connectivity index (χ1v) is 7.19.